The Kier molecular flexibility index (Phi) is 7.06. The molecule has 0 amide bonds. The Hall–Kier alpha value is -1.94. The fourth-order valence-electron chi connectivity index (χ4n) is 3.55. The third kappa shape index (κ3) is 4.07. The van der Waals surface area contributed by atoms with Gasteiger partial charge in [-0.3, -0.25) is 0 Å². The van der Waals surface area contributed by atoms with Crippen LogP contribution >= 0.6 is 0 Å². The fourth-order valence-corrected chi connectivity index (χ4v) is 3.55. The van der Waals surface area contributed by atoms with Gasteiger partial charge in [0.15, 0.2) is 0 Å². The van der Waals surface area contributed by atoms with Crippen LogP contribution in [0.25, 0.3) is 39.5 Å². The molecule has 0 saturated heterocycles. The maximum Gasteiger partial charge on any atom is 1.00 e. The molecule has 0 aliphatic heterocycles. The maximum absolute atomic E-state index is 10.8. The molecule has 1 nitrogen and oxygen atoms in total. The zero-order valence-corrected chi connectivity index (χ0v) is 19.1. The average Bonchev–Trinajstić information content (AvgIpc) is 2.75. The van der Waals surface area contributed by atoms with Gasteiger partial charge in [-0.05, 0) is 33.9 Å². The Bertz CT molecular complexity index is 1080. The molecule has 0 heterocycles. The Morgan fingerprint density at radius 3 is 1.54 bits per heavy atom. The molecule has 2 heteroatoms. The fraction of sp³-hybridized carbons (Fsp3) is 0. The molecule has 4 rings (SSSR count). The van der Waals surface area contributed by atoms with Crippen LogP contribution in [0.3, 0.4) is 0 Å². The minimum atomic E-state index is 0. The van der Waals surface area contributed by atoms with Crippen molar-refractivity contribution in [1.82, 2.24) is 0 Å². The summed E-state index contributed by atoms with van der Waals surface area (Å²) in [4.78, 5) is 0. The molecular weight excluding hydrogens is 367 g/mol. The summed E-state index contributed by atoms with van der Waals surface area (Å²) in [6.45, 7) is 3.96. The van der Waals surface area contributed by atoms with Gasteiger partial charge in [-0.25, -0.2) is 0 Å². The van der Waals surface area contributed by atoms with Crippen LogP contribution in [0.2, 0.25) is 0 Å². The van der Waals surface area contributed by atoms with E-state index < -0.39 is 0 Å². The van der Waals surface area contributed by atoms with Crippen LogP contribution in [-0.2, 0) is 0 Å². The molecule has 0 aliphatic carbocycles. The van der Waals surface area contributed by atoms with Gasteiger partial charge in [0.2, 0.25) is 0 Å². The number of hydrogen-bond donors (Lipinski definition) is 1. The van der Waals surface area contributed by atoms with E-state index in [9.17, 15) is 5.11 Å². The van der Waals surface area contributed by atoms with Gasteiger partial charge in [0.1, 0.15) is 5.75 Å². The van der Waals surface area contributed by atoms with E-state index >= 15 is 0 Å². The molecule has 0 atom stereocenters. The number of aromatic hydroxyl groups is 1. The van der Waals surface area contributed by atoms with E-state index in [1.165, 1.54) is 0 Å². The van der Waals surface area contributed by atoms with E-state index in [-0.39, 0.29) is 58.6 Å². The first-order valence-electron chi connectivity index (χ1n) is 8.98. The van der Waals surface area contributed by atoms with Gasteiger partial charge in [-0.2, -0.15) is 0 Å². The van der Waals surface area contributed by atoms with Gasteiger partial charge in [-0.1, -0.05) is 104 Å². The molecule has 0 bridgehead atoms. The summed E-state index contributed by atoms with van der Waals surface area (Å²) in [7, 11) is 0. The summed E-state index contributed by atoms with van der Waals surface area (Å²) < 4.78 is 0. The number of phenolic OH excluding ortho intramolecular Hbond substituents is 1. The van der Waals surface area contributed by atoms with E-state index in [1.54, 1.807) is 6.08 Å². The Balaban J connectivity index is 0.00000150. The van der Waals surface area contributed by atoms with E-state index in [0.29, 0.717) is 0 Å². The first kappa shape index (κ1) is 20.8. The van der Waals surface area contributed by atoms with E-state index in [2.05, 4.69) is 43.0 Å². The monoisotopic (exact) mass is 388 g/mol. The smallest absolute Gasteiger partial charge is 1.00 e. The average molecular weight is 389 g/mol. The summed E-state index contributed by atoms with van der Waals surface area (Å²) in [6.07, 6.45) is 1.74. The molecule has 132 valence electrons. The predicted molar refractivity (Wildman–Crippen MR) is 116 cm³/mol. The van der Waals surface area contributed by atoms with Gasteiger partial charge in [-0.15, -0.1) is 0 Å². The van der Waals surface area contributed by atoms with Crippen molar-refractivity contribution in [3.05, 3.63) is 109 Å². The molecule has 1 N–H and O–H groups in total. The molecule has 0 spiro atoms. The molecule has 0 saturated carbocycles. The van der Waals surface area contributed by atoms with Crippen molar-refractivity contribution in [1.29, 1.82) is 0 Å². The van der Waals surface area contributed by atoms with Gasteiger partial charge >= 0.3 is 51.4 Å². The van der Waals surface area contributed by atoms with Crippen molar-refractivity contribution in [2.24, 2.45) is 0 Å². The first-order chi connectivity index (χ1) is 13.3. The van der Waals surface area contributed by atoms with Crippen LogP contribution in [0.15, 0.2) is 104 Å². The summed E-state index contributed by atoms with van der Waals surface area (Å²) in [5.41, 5.74) is 7.08. The van der Waals surface area contributed by atoms with Crippen LogP contribution in [0, 0.1) is 0 Å². The Labute approximate surface area is 210 Å². The van der Waals surface area contributed by atoms with Gasteiger partial charge in [0.05, 0.1) is 0 Å². The molecule has 28 heavy (non-hydrogen) atoms. The van der Waals surface area contributed by atoms with E-state index in [0.717, 1.165) is 38.9 Å². The predicted octanol–water partition coefficient (Wildman–Crippen LogP) is 4.15. The topological polar surface area (TPSA) is 20.2 Å². The van der Waals surface area contributed by atoms with Crippen LogP contribution in [0.4, 0.5) is 0 Å². The largest absolute Gasteiger partial charge is 1.00 e. The Morgan fingerprint density at radius 1 is 0.643 bits per heavy atom. The van der Waals surface area contributed by atoms with Gasteiger partial charge in [0.25, 0.3) is 0 Å². The van der Waals surface area contributed by atoms with Crippen molar-refractivity contribution in [2.75, 3.05) is 0 Å². The molecule has 0 fully saturated rings. The molecule has 0 aromatic heterocycles. The van der Waals surface area contributed by atoms with Crippen LogP contribution in [0.1, 0.15) is 6.99 Å². The van der Waals surface area contributed by atoms with Crippen molar-refractivity contribution >= 4 is 6.08 Å². The number of benzene rings is 4. The third-order valence-corrected chi connectivity index (χ3v) is 4.76. The van der Waals surface area contributed by atoms with Crippen LogP contribution in [-0.4, -0.2) is 5.11 Å². The minimum Gasteiger partial charge on any atom is -1.00 e. The van der Waals surface area contributed by atoms with Crippen molar-refractivity contribution in [2.45, 2.75) is 0 Å². The normalized spacial score (nSPS) is 10.1. The van der Waals surface area contributed by atoms with Crippen molar-refractivity contribution < 1.29 is 57.9 Å². The molecule has 4 aromatic carbocycles. The van der Waals surface area contributed by atoms with Crippen LogP contribution < -0.4 is 51.4 Å². The van der Waals surface area contributed by atoms with E-state index in [4.69, 9.17) is 0 Å². The molecule has 0 radical (unpaired) electrons. The maximum atomic E-state index is 10.8. The molecule has 0 aliphatic rings. The van der Waals surface area contributed by atoms with Gasteiger partial charge < -0.3 is 6.53 Å². The SMILES string of the molecule is C=Cc1c(O)cc(-c2ccccc2)c(-c2ccccc2)c1-c1ccccc1.[H-].[K+]. The second-order valence-electron chi connectivity index (χ2n) is 6.41. The summed E-state index contributed by atoms with van der Waals surface area (Å²) >= 11 is 0. The second-order valence-corrected chi connectivity index (χ2v) is 6.41. The zero-order chi connectivity index (χ0) is 18.6. The quantitative estimate of drug-likeness (QED) is 0.521. The molecule has 0 unspecified atom stereocenters. The molecular formula is C26H21KO. The zero-order valence-electron chi connectivity index (χ0n) is 17.0. The summed E-state index contributed by atoms with van der Waals surface area (Å²) in [5.74, 6) is 0.238. The first-order valence-corrected chi connectivity index (χ1v) is 8.98. The number of phenols is 1. The van der Waals surface area contributed by atoms with Crippen molar-refractivity contribution in [3.63, 3.8) is 0 Å². The number of hydrogen-bond acceptors (Lipinski definition) is 1. The second kappa shape index (κ2) is 9.51. The van der Waals surface area contributed by atoms with Crippen LogP contribution in [0.5, 0.6) is 5.75 Å². The van der Waals surface area contributed by atoms with Gasteiger partial charge in [0, 0.05) is 11.1 Å². The Morgan fingerprint density at radius 2 is 1.07 bits per heavy atom. The number of rotatable bonds is 4. The van der Waals surface area contributed by atoms with E-state index in [1.807, 2.05) is 60.7 Å². The minimum absolute atomic E-state index is 0. The molecule has 4 aromatic rings. The summed E-state index contributed by atoms with van der Waals surface area (Å²) in [5, 5.41) is 10.8. The third-order valence-electron chi connectivity index (χ3n) is 4.76. The standard InChI is InChI=1S/C26H20O.K.H/c1-2-22-24(27)18-23(19-12-6-3-7-13-19)26(21-16-10-5-11-17-21)25(22)20-14-8-4-9-15-20;;/h2-18,27H,1H2;;/q;+1;-1. The summed E-state index contributed by atoms with van der Waals surface area (Å²) in [6, 6.07) is 32.5. The van der Waals surface area contributed by atoms with Crippen molar-refractivity contribution in [3.8, 4) is 39.1 Å².